The van der Waals surface area contributed by atoms with Gasteiger partial charge in [0.05, 0.1) is 23.1 Å². The second-order valence-electron chi connectivity index (χ2n) is 6.83. The molecule has 0 bridgehead atoms. The van der Waals surface area contributed by atoms with Gasteiger partial charge < -0.3 is 0 Å². The van der Waals surface area contributed by atoms with Gasteiger partial charge in [-0.15, -0.1) is 0 Å². The Labute approximate surface area is 178 Å². The van der Waals surface area contributed by atoms with Gasteiger partial charge in [0.1, 0.15) is 5.69 Å². The van der Waals surface area contributed by atoms with E-state index in [1.165, 1.54) is 12.1 Å². The van der Waals surface area contributed by atoms with E-state index in [0.717, 1.165) is 16.7 Å². The van der Waals surface area contributed by atoms with Crippen LogP contribution in [0.4, 0.5) is 5.69 Å². The Balaban J connectivity index is 1.76. The molecule has 0 aliphatic carbocycles. The molecule has 4 rings (SSSR count). The summed E-state index contributed by atoms with van der Waals surface area (Å²) in [6.07, 6.45) is 7.05. The Morgan fingerprint density at radius 2 is 1.87 bits per heavy atom. The minimum atomic E-state index is -0.465. The molecule has 7 heteroatoms. The average molecular weight is 407 g/mol. The number of nitro groups is 1. The second-order valence-corrected chi connectivity index (χ2v) is 6.83. The number of hydrogen-bond donors (Lipinski definition) is 0. The lowest BCUT2D eigenvalue weighted by Gasteiger charge is -2.01. The van der Waals surface area contributed by atoms with Crippen LogP contribution in [-0.2, 0) is 6.54 Å². The van der Waals surface area contributed by atoms with Crippen LogP contribution in [-0.4, -0.2) is 19.7 Å². The molecule has 0 radical (unpaired) electrons. The fraction of sp³-hybridized carbons (Fsp3) is 0.0417. The maximum atomic E-state index is 10.9. The molecule has 2 aromatic carbocycles. The normalized spacial score (nSPS) is 11.1. The van der Waals surface area contributed by atoms with Crippen molar-refractivity contribution in [2.45, 2.75) is 6.54 Å². The monoisotopic (exact) mass is 407 g/mol. The zero-order valence-corrected chi connectivity index (χ0v) is 16.4. The summed E-state index contributed by atoms with van der Waals surface area (Å²) in [7, 11) is 0. The van der Waals surface area contributed by atoms with E-state index in [9.17, 15) is 15.4 Å². The van der Waals surface area contributed by atoms with Crippen LogP contribution in [0.5, 0.6) is 0 Å². The number of rotatable bonds is 6. The van der Waals surface area contributed by atoms with Gasteiger partial charge in [0, 0.05) is 41.9 Å². The Morgan fingerprint density at radius 1 is 1.10 bits per heavy atom. The fourth-order valence-electron chi connectivity index (χ4n) is 3.22. The molecule has 0 saturated carbocycles. The highest BCUT2D eigenvalue weighted by molar-refractivity contribution is 5.92. The van der Waals surface area contributed by atoms with Crippen LogP contribution in [0.25, 0.3) is 22.9 Å². The molecule has 0 saturated heterocycles. The third kappa shape index (κ3) is 4.54. The van der Waals surface area contributed by atoms with E-state index in [0.29, 0.717) is 23.4 Å². The molecule has 0 aliphatic heterocycles. The minimum absolute atomic E-state index is 0.0206. The summed E-state index contributed by atoms with van der Waals surface area (Å²) in [5.74, 6) is 0. The van der Waals surface area contributed by atoms with Gasteiger partial charge in [0.15, 0.2) is 0 Å². The molecule has 0 unspecified atom stereocenters. The average Bonchev–Trinajstić information content (AvgIpc) is 3.21. The van der Waals surface area contributed by atoms with Gasteiger partial charge in [-0.1, -0.05) is 30.3 Å². The Bertz CT molecular complexity index is 1270. The molecular weight excluding hydrogens is 390 g/mol. The predicted molar refractivity (Wildman–Crippen MR) is 118 cm³/mol. The van der Waals surface area contributed by atoms with Crippen LogP contribution in [0.1, 0.15) is 16.7 Å². The first kappa shape index (κ1) is 19.7. The van der Waals surface area contributed by atoms with E-state index >= 15 is 0 Å². The lowest BCUT2D eigenvalue weighted by atomic mass is 10.0. The van der Waals surface area contributed by atoms with Crippen molar-refractivity contribution < 1.29 is 4.92 Å². The summed E-state index contributed by atoms with van der Waals surface area (Å²) in [6, 6.07) is 21.8. The molecule has 2 heterocycles. The molecule has 2 aromatic heterocycles. The molecule has 0 spiro atoms. The molecule has 0 N–H and O–H groups in total. The minimum Gasteiger partial charge on any atom is -0.267 e. The third-order valence-corrected chi connectivity index (χ3v) is 4.72. The van der Waals surface area contributed by atoms with Crippen molar-refractivity contribution in [3.63, 3.8) is 0 Å². The summed E-state index contributed by atoms with van der Waals surface area (Å²) in [6.45, 7) is 0.585. The van der Waals surface area contributed by atoms with E-state index in [-0.39, 0.29) is 5.69 Å². The van der Waals surface area contributed by atoms with Crippen LogP contribution in [0.15, 0.2) is 85.3 Å². The van der Waals surface area contributed by atoms with Crippen LogP contribution >= 0.6 is 0 Å². The van der Waals surface area contributed by atoms with Crippen molar-refractivity contribution in [3.8, 4) is 17.3 Å². The summed E-state index contributed by atoms with van der Waals surface area (Å²) < 4.78 is 1.83. The lowest BCUT2D eigenvalue weighted by molar-refractivity contribution is -0.384. The highest BCUT2D eigenvalue weighted by Crippen LogP contribution is 2.27. The molecule has 0 atom stereocenters. The van der Waals surface area contributed by atoms with E-state index in [1.54, 1.807) is 30.6 Å². The van der Waals surface area contributed by atoms with Gasteiger partial charge in [-0.3, -0.25) is 19.8 Å². The van der Waals surface area contributed by atoms with Gasteiger partial charge in [0.25, 0.3) is 5.69 Å². The number of non-ortho nitro benzene ring substituents is 1. The van der Waals surface area contributed by atoms with Crippen molar-refractivity contribution in [1.29, 1.82) is 5.26 Å². The van der Waals surface area contributed by atoms with E-state index in [2.05, 4.69) is 11.1 Å². The Hall–Kier alpha value is -4.57. The van der Waals surface area contributed by atoms with Crippen molar-refractivity contribution in [2.75, 3.05) is 0 Å². The molecular formula is C24H17N5O2. The van der Waals surface area contributed by atoms with Crippen LogP contribution in [0.2, 0.25) is 0 Å². The van der Waals surface area contributed by atoms with Gasteiger partial charge in [-0.05, 0) is 41.5 Å². The first-order valence-electron chi connectivity index (χ1n) is 9.52. The van der Waals surface area contributed by atoms with Crippen LogP contribution in [0, 0.1) is 21.4 Å². The van der Waals surface area contributed by atoms with E-state index < -0.39 is 4.92 Å². The summed E-state index contributed by atoms with van der Waals surface area (Å²) in [5.41, 5.74) is 4.38. The van der Waals surface area contributed by atoms with Crippen LogP contribution < -0.4 is 0 Å². The van der Waals surface area contributed by atoms with Crippen molar-refractivity contribution in [3.05, 3.63) is 112 Å². The lowest BCUT2D eigenvalue weighted by Crippen LogP contribution is -2.00. The zero-order chi connectivity index (χ0) is 21.6. The third-order valence-electron chi connectivity index (χ3n) is 4.72. The number of nitrogens with zero attached hydrogens (tertiary/aromatic N) is 5. The highest BCUT2D eigenvalue weighted by Gasteiger charge is 2.13. The summed E-state index contributed by atoms with van der Waals surface area (Å²) in [5, 5.41) is 25.4. The molecule has 0 amide bonds. The van der Waals surface area contributed by atoms with Gasteiger partial charge in [-0.25, -0.2) is 0 Å². The Kier molecular flexibility index (Phi) is 5.63. The molecule has 150 valence electrons. The van der Waals surface area contributed by atoms with Crippen molar-refractivity contribution in [1.82, 2.24) is 14.8 Å². The fourth-order valence-corrected chi connectivity index (χ4v) is 3.22. The number of allylic oxidation sites excluding steroid dienone is 1. The van der Waals surface area contributed by atoms with Gasteiger partial charge >= 0.3 is 0 Å². The topological polar surface area (TPSA) is 97.6 Å². The van der Waals surface area contributed by atoms with Crippen molar-refractivity contribution in [2.24, 2.45) is 0 Å². The first-order chi connectivity index (χ1) is 15.1. The number of hydrogen-bond acceptors (Lipinski definition) is 5. The maximum absolute atomic E-state index is 10.9. The smallest absolute Gasteiger partial charge is 0.267 e. The number of pyridine rings is 1. The van der Waals surface area contributed by atoms with E-state index in [4.69, 9.17) is 5.10 Å². The number of nitriles is 1. The van der Waals surface area contributed by atoms with Crippen molar-refractivity contribution >= 4 is 17.3 Å². The number of aromatic nitrogens is 3. The standard InChI is InChI=1S/C24H17N5O2/c25-14-21(19-8-10-23(11-9-19)29(30)31)13-22-17-28(16-18-5-2-1-3-6-18)27-24(22)20-7-4-12-26-15-20/h1-13,15,17H,16H2. The highest BCUT2D eigenvalue weighted by atomic mass is 16.6. The maximum Gasteiger partial charge on any atom is 0.269 e. The van der Waals surface area contributed by atoms with E-state index in [1.807, 2.05) is 53.3 Å². The number of nitro benzene ring substituents is 1. The first-order valence-corrected chi connectivity index (χ1v) is 9.52. The molecule has 0 aliphatic rings. The molecule has 7 nitrogen and oxygen atoms in total. The Morgan fingerprint density at radius 3 is 2.52 bits per heavy atom. The summed E-state index contributed by atoms with van der Waals surface area (Å²) >= 11 is 0. The predicted octanol–water partition coefficient (Wildman–Crippen LogP) is 4.97. The van der Waals surface area contributed by atoms with Gasteiger partial charge in [0.2, 0.25) is 0 Å². The summed E-state index contributed by atoms with van der Waals surface area (Å²) in [4.78, 5) is 14.6. The number of benzene rings is 2. The molecule has 31 heavy (non-hydrogen) atoms. The molecule has 4 aromatic rings. The zero-order valence-electron chi connectivity index (χ0n) is 16.4. The molecule has 0 fully saturated rings. The SMILES string of the molecule is N#CC(=Cc1cn(Cc2ccccc2)nc1-c1cccnc1)c1ccc([N+](=O)[O-])cc1. The van der Waals surface area contributed by atoms with Crippen LogP contribution in [0.3, 0.4) is 0 Å². The largest absolute Gasteiger partial charge is 0.269 e. The van der Waals surface area contributed by atoms with Gasteiger partial charge in [-0.2, -0.15) is 10.4 Å². The second kappa shape index (κ2) is 8.84. The quantitative estimate of drug-likeness (QED) is 0.255.